The Kier molecular flexibility index (Phi) is 3.22. The lowest BCUT2D eigenvalue weighted by Crippen LogP contribution is -2.40. The molecule has 0 spiro atoms. The summed E-state index contributed by atoms with van der Waals surface area (Å²) in [5.41, 5.74) is 1.50. The van der Waals surface area contributed by atoms with Crippen molar-refractivity contribution in [1.82, 2.24) is 5.32 Å². The number of fused-ring (bicyclic) bond motifs is 1. The molecule has 5 nitrogen and oxygen atoms in total. The molecule has 3 unspecified atom stereocenters. The number of anilines is 1. The Morgan fingerprint density at radius 3 is 2.75 bits per heavy atom. The molecule has 2 N–H and O–H groups in total. The average Bonchev–Trinajstić information content (AvgIpc) is 3.01. The van der Waals surface area contributed by atoms with Crippen molar-refractivity contribution in [2.24, 2.45) is 5.92 Å². The van der Waals surface area contributed by atoms with E-state index < -0.39 is 11.9 Å². The number of hydrogen-bond acceptors (Lipinski definition) is 3. The molecule has 1 aromatic carbocycles. The van der Waals surface area contributed by atoms with Crippen LogP contribution >= 0.6 is 0 Å². The minimum atomic E-state index is -0.870. The standard InChI is InChI=1S/C15H18N2O3/c1-9-10(6-7-16-9)14(18)17-8-12(15(19)20)11-4-2-3-5-13(11)17/h2-5,9-10,12,16H,6-8H2,1H3,(H,19,20). The number of nitrogens with one attached hydrogen (secondary N) is 1. The maximum atomic E-state index is 12.7. The molecule has 1 fully saturated rings. The summed E-state index contributed by atoms with van der Waals surface area (Å²) in [7, 11) is 0. The molecule has 0 aromatic heterocycles. The zero-order valence-corrected chi connectivity index (χ0v) is 11.4. The van der Waals surface area contributed by atoms with Crippen molar-refractivity contribution < 1.29 is 14.7 Å². The van der Waals surface area contributed by atoms with Crippen LogP contribution in [0, 0.1) is 5.92 Å². The van der Waals surface area contributed by atoms with Crippen LogP contribution in [0.4, 0.5) is 5.69 Å². The van der Waals surface area contributed by atoms with Crippen molar-refractivity contribution in [2.45, 2.75) is 25.3 Å². The Balaban J connectivity index is 1.92. The van der Waals surface area contributed by atoms with Crippen LogP contribution in [0.1, 0.15) is 24.8 Å². The van der Waals surface area contributed by atoms with Gasteiger partial charge in [-0.1, -0.05) is 18.2 Å². The van der Waals surface area contributed by atoms with Crippen molar-refractivity contribution in [3.63, 3.8) is 0 Å². The van der Waals surface area contributed by atoms with Gasteiger partial charge in [0.1, 0.15) is 5.92 Å². The molecule has 1 saturated heterocycles. The highest BCUT2D eigenvalue weighted by molar-refractivity contribution is 6.00. The first-order chi connectivity index (χ1) is 9.59. The number of amides is 1. The Morgan fingerprint density at radius 1 is 1.35 bits per heavy atom. The molecule has 20 heavy (non-hydrogen) atoms. The molecular weight excluding hydrogens is 256 g/mol. The molecule has 0 bridgehead atoms. The molecule has 5 heteroatoms. The van der Waals surface area contributed by atoms with E-state index in [1.165, 1.54) is 0 Å². The Bertz CT molecular complexity index is 558. The quantitative estimate of drug-likeness (QED) is 0.850. The molecule has 3 atom stereocenters. The number of carboxylic acids is 1. The molecule has 0 radical (unpaired) electrons. The van der Waals surface area contributed by atoms with Crippen molar-refractivity contribution in [3.05, 3.63) is 29.8 Å². The largest absolute Gasteiger partial charge is 0.481 e. The number of rotatable bonds is 2. The highest BCUT2D eigenvalue weighted by atomic mass is 16.4. The fraction of sp³-hybridized carbons (Fsp3) is 0.467. The zero-order chi connectivity index (χ0) is 14.3. The van der Waals surface area contributed by atoms with E-state index in [9.17, 15) is 14.7 Å². The lowest BCUT2D eigenvalue weighted by atomic mass is 10.0. The summed E-state index contributed by atoms with van der Waals surface area (Å²) in [5.74, 6) is -1.50. The van der Waals surface area contributed by atoms with Gasteiger partial charge < -0.3 is 15.3 Å². The maximum absolute atomic E-state index is 12.7. The topological polar surface area (TPSA) is 69.6 Å². The second-order valence-electron chi connectivity index (χ2n) is 5.54. The van der Waals surface area contributed by atoms with Gasteiger partial charge in [0.25, 0.3) is 0 Å². The lowest BCUT2D eigenvalue weighted by molar-refractivity contribution is -0.138. The second-order valence-corrected chi connectivity index (χ2v) is 5.54. The van der Waals surface area contributed by atoms with Gasteiger partial charge in [0.2, 0.25) is 5.91 Å². The van der Waals surface area contributed by atoms with E-state index in [1.807, 2.05) is 25.1 Å². The second kappa shape index (κ2) is 4.90. The molecule has 0 aliphatic carbocycles. The van der Waals surface area contributed by atoms with Crippen LogP contribution in [0.25, 0.3) is 0 Å². The highest BCUT2D eigenvalue weighted by Gasteiger charge is 2.40. The number of aliphatic carboxylic acids is 1. The van der Waals surface area contributed by atoms with E-state index in [2.05, 4.69) is 5.32 Å². The molecule has 1 amide bonds. The normalized spacial score (nSPS) is 28.4. The van der Waals surface area contributed by atoms with Crippen LogP contribution in [0.3, 0.4) is 0 Å². The van der Waals surface area contributed by atoms with Crippen molar-refractivity contribution in [3.8, 4) is 0 Å². The van der Waals surface area contributed by atoms with E-state index in [-0.39, 0.29) is 24.4 Å². The third-order valence-electron chi connectivity index (χ3n) is 4.37. The Morgan fingerprint density at radius 2 is 2.10 bits per heavy atom. The van der Waals surface area contributed by atoms with Crippen molar-refractivity contribution >= 4 is 17.6 Å². The van der Waals surface area contributed by atoms with Gasteiger partial charge in [0.15, 0.2) is 0 Å². The molecular formula is C15H18N2O3. The number of carbonyl (C=O) groups excluding carboxylic acids is 1. The van der Waals surface area contributed by atoms with Crippen LogP contribution in [0.15, 0.2) is 24.3 Å². The van der Waals surface area contributed by atoms with Crippen molar-refractivity contribution in [1.29, 1.82) is 0 Å². The van der Waals surface area contributed by atoms with Gasteiger partial charge in [-0.15, -0.1) is 0 Å². The minimum Gasteiger partial charge on any atom is -0.481 e. The first-order valence-corrected chi connectivity index (χ1v) is 6.96. The molecule has 3 rings (SSSR count). The highest BCUT2D eigenvalue weighted by Crippen LogP contribution is 2.37. The third-order valence-corrected chi connectivity index (χ3v) is 4.37. The van der Waals surface area contributed by atoms with Crippen LogP contribution < -0.4 is 10.2 Å². The molecule has 106 valence electrons. The van der Waals surface area contributed by atoms with Gasteiger partial charge >= 0.3 is 5.97 Å². The minimum absolute atomic E-state index is 0.0405. The lowest BCUT2D eigenvalue weighted by Gasteiger charge is -2.23. The number of carbonyl (C=O) groups is 2. The van der Waals surface area contributed by atoms with Gasteiger partial charge in [-0.05, 0) is 31.5 Å². The summed E-state index contributed by atoms with van der Waals surface area (Å²) >= 11 is 0. The molecule has 0 saturated carbocycles. The van der Waals surface area contributed by atoms with Crippen LogP contribution in [-0.2, 0) is 9.59 Å². The summed E-state index contributed by atoms with van der Waals surface area (Å²) in [6.45, 7) is 3.10. The summed E-state index contributed by atoms with van der Waals surface area (Å²) in [6.07, 6.45) is 0.816. The summed E-state index contributed by atoms with van der Waals surface area (Å²) in [4.78, 5) is 25.7. The van der Waals surface area contributed by atoms with Crippen LogP contribution in [0.5, 0.6) is 0 Å². The third kappa shape index (κ3) is 1.98. The number of hydrogen-bond donors (Lipinski definition) is 2. The first kappa shape index (κ1) is 13.1. The van der Waals surface area contributed by atoms with Gasteiger partial charge in [0.05, 0.1) is 5.92 Å². The first-order valence-electron chi connectivity index (χ1n) is 6.96. The average molecular weight is 274 g/mol. The molecule has 2 aliphatic rings. The van der Waals surface area contributed by atoms with Crippen molar-refractivity contribution in [2.75, 3.05) is 18.0 Å². The van der Waals surface area contributed by atoms with E-state index in [0.717, 1.165) is 24.2 Å². The Hall–Kier alpha value is -1.88. The fourth-order valence-electron chi connectivity index (χ4n) is 3.22. The smallest absolute Gasteiger partial charge is 0.312 e. The van der Waals surface area contributed by atoms with E-state index in [0.29, 0.717) is 0 Å². The molecule has 2 heterocycles. The van der Waals surface area contributed by atoms with E-state index >= 15 is 0 Å². The van der Waals surface area contributed by atoms with Crippen LogP contribution in [0.2, 0.25) is 0 Å². The number of benzene rings is 1. The maximum Gasteiger partial charge on any atom is 0.312 e. The van der Waals surface area contributed by atoms with E-state index in [4.69, 9.17) is 0 Å². The van der Waals surface area contributed by atoms with Gasteiger partial charge in [0, 0.05) is 18.3 Å². The molecule has 2 aliphatic heterocycles. The van der Waals surface area contributed by atoms with Gasteiger partial charge in [-0.3, -0.25) is 9.59 Å². The predicted octanol–water partition coefficient (Wildman–Crippen LogP) is 1.20. The SMILES string of the molecule is CC1NCCC1C(=O)N1CC(C(=O)O)c2ccccc21. The number of para-hydroxylation sites is 1. The number of carboxylic acid groups (broad SMARTS) is 1. The number of nitrogens with zero attached hydrogens (tertiary/aromatic N) is 1. The van der Waals surface area contributed by atoms with E-state index in [1.54, 1.807) is 11.0 Å². The Labute approximate surface area is 117 Å². The van der Waals surface area contributed by atoms with Gasteiger partial charge in [-0.2, -0.15) is 0 Å². The predicted molar refractivity (Wildman–Crippen MR) is 74.7 cm³/mol. The molecule has 1 aromatic rings. The fourth-order valence-corrected chi connectivity index (χ4v) is 3.22. The summed E-state index contributed by atoms with van der Waals surface area (Å²) in [6, 6.07) is 7.46. The monoisotopic (exact) mass is 274 g/mol. The summed E-state index contributed by atoms with van der Waals surface area (Å²) < 4.78 is 0. The zero-order valence-electron chi connectivity index (χ0n) is 11.4. The van der Waals surface area contributed by atoms with Gasteiger partial charge in [-0.25, -0.2) is 0 Å². The van der Waals surface area contributed by atoms with Crippen LogP contribution in [-0.4, -0.2) is 36.1 Å². The summed E-state index contributed by atoms with van der Waals surface area (Å²) in [5, 5.41) is 12.6.